The molecule has 248 valence electrons. The maximum Gasteiger partial charge on any atom is 0.145 e. The molecule has 0 unspecified atom stereocenters. The van der Waals surface area contributed by atoms with Crippen molar-refractivity contribution in [3.05, 3.63) is 164 Å². The summed E-state index contributed by atoms with van der Waals surface area (Å²) < 4.78 is 2.29. The molecular formula is C49H27B5N2. The van der Waals surface area contributed by atoms with Crippen molar-refractivity contribution in [3.8, 4) is 50.5 Å². The van der Waals surface area contributed by atoms with Crippen LogP contribution in [0.4, 0.5) is 0 Å². The van der Waals surface area contributed by atoms with Crippen molar-refractivity contribution < 1.29 is 0 Å². The zero-order valence-corrected chi connectivity index (χ0v) is 30.4. The van der Waals surface area contributed by atoms with Gasteiger partial charge in [-0.15, -0.1) is 16.4 Å². The number of hydrogen-bond acceptors (Lipinski definition) is 1. The van der Waals surface area contributed by atoms with Crippen LogP contribution in [0, 0.1) is 0 Å². The van der Waals surface area contributed by atoms with E-state index in [4.69, 9.17) is 44.2 Å². The molecular weight excluding hydrogens is 671 g/mol. The largest absolute Gasteiger partial charge is 0.292 e. The van der Waals surface area contributed by atoms with Gasteiger partial charge in [-0.2, -0.15) is 0 Å². The Labute approximate surface area is 332 Å². The van der Waals surface area contributed by atoms with Crippen molar-refractivity contribution >= 4 is 110 Å². The molecule has 0 spiro atoms. The minimum Gasteiger partial charge on any atom is -0.292 e. The quantitative estimate of drug-likeness (QED) is 0.138. The molecule has 0 aliphatic heterocycles. The Morgan fingerprint density at radius 3 is 1.30 bits per heavy atom. The van der Waals surface area contributed by atoms with E-state index in [-0.39, 0.29) is 16.4 Å². The maximum absolute atomic E-state index is 6.42. The Hall–Kier alpha value is -6.45. The molecule has 10 rings (SSSR count). The molecule has 0 atom stereocenters. The lowest BCUT2D eigenvalue weighted by molar-refractivity contribution is 1.11. The van der Waals surface area contributed by atoms with Crippen molar-refractivity contribution in [1.29, 1.82) is 0 Å². The van der Waals surface area contributed by atoms with Gasteiger partial charge in [0.1, 0.15) is 45.1 Å². The highest BCUT2D eigenvalue weighted by atomic mass is 15.1. The molecule has 0 bridgehead atoms. The van der Waals surface area contributed by atoms with Gasteiger partial charge in [0, 0.05) is 10.9 Å². The summed E-state index contributed by atoms with van der Waals surface area (Å²) in [6.45, 7) is 0. The standard InChI is InChI=1S/C49H27B5N2/c50-44-43(45(51)47(53)48(54)46(44)52)31-22-20-29(21-23-31)41-34-13-3-5-15-36(34)42(37-16-6-4-14-35(37)41)30-24-26-32(27-25-30)49-55-38-17-7-8-18-40(38)56(49)39-19-9-11-28-10-1-2-12-33(28)39/h1-27H. The van der Waals surface area contributed by atoms with E-state index in [1.165, 1.54) is 16.3 Å². The van der Waals surface area contributed by atoms with Gasteiger partial charge in [-0.3, -0.25) is 4.57 Å². The van der Waals surface area contributed by atoms with Gasteiger partial charge in [0.25, 0.3) is 0 Å². The van der Waals surface area contributed by atoms with Crippen molar-refractivity contribution in [3.63, 3.8) is 0 Å². The predicted octanol–water partition coefficient (Wildman–Crippen LogP) is 7.12. The van der Waals surface area contributed by atoms with E-state index in [1.807, 2.05) is 18.2 Å². The van der Waals surface area contributed by atoms with Crippen LogP contribution in [0.1, 0.15) is 0 Å². The van der Waals surface area contributed by atoms with E-state index in [0.29, 0.717) is 16.5 Å². The smallest absolute Gasteiger partial charge is 0.145 e. The molecule has 0 amide bonds. The van der Waals surface area contributed by atoms with E-state index in [9.17, 15) is 0 Å². The number of aromatic nitrogens is 2. The summed E-state index contributed by atoms with van der Waals surface area (Å²) in [5.74, 6) is 0.899. The van der Waals surface area contributed by atoms with E-state index in [1.54, 1.807) is 0 Å². The first-order valence-corrected chi connectivity index (χ1v) is 18.5. The average molecular weight is 698 g/mol. The summed E-state index contributed by atoms with van der Waals surface area (Å²) in [6.07, 6.45) is 0. The fourth-order valence-corrected chi connectivity index (χ4v) is 8.37. The highest BCUT2D eigenvalue weighted by Crippen LogP contribution is 2.44. The number of para-hydroxylation sites is 2. The fourth-order valence-electron chi connectivity index (χ4n) is 8.37. The molecule has 0 fully saturated rings. The monoisotopic (exact) mass is 698 g/mol. The third-order valence-electron chi connectivity index (χ3n) is 11.1. The van der Waals surface area contributed by atoms with Crippen LogP contribution in [-0.4, -0.2) is 48.8 Å². The van der Waals surface area contributed by atoms with Gasteiger partial charge in [0.15, 0.2) is 0 Å². The van der Waals surface area contributed by atoms with Crippen LogP contribution in [0.2, 0.25) is 0 Å². The number of hydrogen-bond donors (Lipinski definition) is 0. The molecule has 0 N–H and O–H groups in total. The Kier molecular flexibility index (Phi) is 8.15. The zero-order valence-electron chi connectivity index (χ0n) is 30.4. The highest BCUT2D eigenvalue weighted by Gasteiger charge is 2.20. The minimum absolute atomic E-state index is 0.203. The highest BCUT2D eigenvalue weighted by molar-refractivity contribution is 6.68. The first-order chi connectivity index (χ1) is 27.4. The Morgan fingerprint density at radius 2 is 0.750 bits per heavy atom. The van der Waals surface area contributed by atoms with Gasteiger partial charge >= 0.3 is 0 Å². The first-order valence-electron chi connectivity index (χ1n) is 18.5. The molecule has 56 heavy (non-hydrogen) atoms. The van der Waals surface area contributed by atoms with E-state index < -0.39 is 0 Å². The van der Waals surface area contributed by atoms with Crippen molar-refractivity contribution in [2.75, 3.05) is 0 Å². The van der Waals surface area contributed by atoms with Crippen molar-refractivity contribution in [2.45, 2.75) is 0 Å². The number of rotatable bonds is 5. The summed E-state index contributed by atoms with van der Waals surface area (Å²) in [7, 11) is 31.3. The summed E-state index contributed by atoms with van der Waals surface area (Å²) in [6, 6.07) is 57.6. The Balaban J connectivity index is 1.12. The second kappa shape index (κ2) is 13.4. The third-order valence-corrected chi connectivity index (χ3v) is 11.1. The number of benzene rings is 9. The summed E-state index contributed by atoms with van der Waals surface area (Å²) in [5, 5.41) is 6.99. The lowest BCUT2D eigenvalue weighted by Gasteiger charge is -2.22. The fraction of sp³-hybridized carbons (Fsp3) is 0. The average Bonchev–Trinajstić information content (AvgIpc) is 3.64. The number of imidazole rings is 1. The van der Waals surface area contributed by atoms with Crippen LogP contribution in [-0.2, 0) is 0 Å². The maximum atomic E-state index is 6.42. The van der Waals surface area contributed by atoms with Gasteiger partial charge in [0.2, 0.25) is 0 Å². The third kappa shape index (κ3) is 5.29. The van der Waals surface area contributed by atoms with Gasteiger partial charge in [0.05, 0.1) is 16.7 Å². The lowest BCUT2D eigenvalue weighted by atomic mass is 9.59. The summed E-state index contributed by atoms with van der Waals surface area (Å²) in [4.78, 5) is 5.19. The molecule has 0 saturated heterocycles. The van der Waals surface area contributed by atoms with E-state index in [0.717, 1.165) is 71.9 Å². The van der Waals surface area contributed by atoms with Crippen LogP contribution < -0.4 is 27.3 Å². The molecule has 10 radical (unpaired) electrons. The Bertz CT molecular complexity index is 3090. The normalized spacial score (nSPS) is 11.6. The molecule has 1 heterocycles. The summed E-state index contributed by atoms with van der Waals surface area (Å²) in [5.41, 5.74) is 11.4. The van der Waals surface area contributed by atoms with Crippen LogP contribution in [0.3, 0.4) is 0 Å². The molecule has 0 saturated carbocycles. The van der Waals surface area contributed by atoms with Crippen LogP contribution in [0.25, 0.3) is 93.8 Å². The zero-order chi connectivity index (χ0) is 38.1. The van der Waals surface area contributed by atoms with Crippen molar-refractivity contribution in [1.82, 2.24) is 9.55 Å². The molecule has 0 aliphatic carbocycles. The van der Waals surface area contributed by atoms with Gasteiger partial charge in [-0.05, 0) is 78.5 Å². The molecule has 9 aromatic carbocycles. The number of nitrogens with zero attached hydrogens (tertiary/aromatic N) is 2. The summed E-state index contributed by atoms with van der Waals surface area (Å²) >= 11 is 0. The number of fused-ring (bicyclic) bond motifs is 4. The van der Waals surface area contributed by atoms with Gasteiger partial charge in [-0.25, -0.2) is 4.98 Å². The first kappa shape index (κ1) is 34.1. The SMILES string of the molecule is [B]c1c([B])c([B])c(-c2ccc(-c3c4ccccc4c(-c4ccc(-c5nc6ccccc6n5-c5cccc6ccccc56)cc4)c4ccccc34)cc2)c([B])c1[B]. The topological polar surface area (TPSA) is 17.8 Å². The van der Waals surface area contributed by atoms with Crippen LogP contribution >= 0.6 is 0 Å². The Morgan fingerprint density at radius 1 is 0.339 bits per heavy atom. The van der Waals surface area contributed by atoms with Gasteiger partial charge < -0.3 is 0 Å². The molecule has 2 nitrogen and oxygen atoms in total. The molecule has 7 heteroatoms. The second-order valence-electron chi connectivity index (χ2n) is 14.2. The van der Waals surface area contributed by atoms with Crippen LogP contribution in [0.5, 0.6) is 0 Å². The minimum atomic E-state index is 0.203. The van der Waals surface area contributed by atoms with E-state index >= 15 is 0 Å². The lowest BCUT2D eigenvalue weighted by Crippen LogP contribution is -2.55. The molecule has 10 aromatic rings. The van der Waals surface area contributed by atoms with E-state index in [2.05, 4.69) is 150 Å². The predicted molar refractivity (Wildman–Crippen MR) is 242 cm³/mol. The van der Waals surface area contributed by atoms with Crippen LogP contribution in [0.15, 0.2) is 164 Å². The van der Waals surface area contributed by atoms with Gasteiger partial charge in [-0.1, -0.05) is 157 Å². The molecule has 1 aromatic heterocycles. The van der Waals surface area contributed by atoms with Crippen molar-refractivity contribution in [2.24, 2.45) is 0 Å². The second-order valence-corrected chi connectivity index (χ2v) is 14.2. The molecule has 0 aliphatic rings.